The van der Waals surface area contributed by atoms with Gasteiger partial charge in [0.2, 0.25) is 5.75 Å². The molecular formula is C16H23NO3. The van der Waals surface area contributed by atoms with Crippen LogP contribution >= 0.6 is 0 Å². The topological polar surface area (TPSA) is 75.7 Å². The van der Waals surface area contributed by atoms with Gasteiger partial charge in [-0.3, -0.25) is 0 Å². The molecule has 4 nitrogen and oxygen atoms in total. The number of aromatic hydroxyl groups is 2. The first-order valence-electron chi connectivity index (χ1n) is 7.62. The molecule has 3 rings (SSSR count). The monoisotopic (exact) mass is 277 g/mol. The van der Waals surface area contributed by atoms with Gasteiger partial charge in [0.1, 0.15) is 6.10 Å². The maximum absolute atomic E-state index is 10.1. The van der Waals surface area contributed by atoms with Crippen LogP contribution in [0.25, 0.3) is 0 Å². The van der Waals surface area contributed by atoms with E-state index in [0.29, 0.717) is 18.2 Å². The molecule has 4 heteroatoms. The lowest BCUT2D eigenvalue weighted by Crippen LogP contribution is -2.35. The molecule has 2 aliphatic rings. The van der Waals surface area contributed by atoms with Crippen LogP contribution in [0.5, 0.6) is 17.2 Å². The molecule has 1 aromatic carbocycles. The lowest BCUT2D eigenvalue weighted by Gasteiger charge is -2.37. The zero-order chi connectivity index (χ0) is 14.1. The quantitative estimate of drug-likeness (QED) is 0.727. The molecule has 1 saturated carbocycles. The van der Waals surface area contributed by atoms with Gasteiger partial charge < -0.3 is 20.7 Å². The van der Waals surface area contributed by atoms with Crippen LogP contribution in [0.3, 0.4) is 0 Å². The normalized spacial score (nSPS) is 26.9. The predicted molar refractivity (Wildman–Crippen MR) is 77.2 cm³/mol. The Hall–Kier alpha value is -1.42. The average molecular weight is 277 g/mol. The number of fused-ring (bicyclic) bond motifs is 1. The summed E-state index contributed by atoms with van der Waals surface area (Å²) in [5.41, 5.74) is 6.82. The van der Waals surface area contributed by atoms with E-state index in [-0.39, 0.29) is 23.5 Å². The fourth-order valence-corrected chi connectivity index (χ4v) is 3.65. The summed E-state index contributed by atoms with van der Waals surface area (Å²) in [6.45, 7) is 0.545. The van der Waals surface area contributed by atoms with E-state index in [9.17, 15) is 10.2 Å². The van der Waals surface area contributed by atoms with Gasteiger partial charge in [-0.15, -0.1) is 0 Å². The second-order valence-corrected chi connectivity index (χ2v) is 6.07. The Morgan fingerprint density at radius 3 is 2.60 bits per heavy atom. The Morgan fingerprint density at radius 2 is 1.90 bits per heavy atom. The summed E-state index contributed by atoms with van der Waals surface area (Å²) in [7, 11) is 0. The largest absolute Gasteiger partial charge is 0.504 e. The third kappa shape index (κ3) is 2.33. The van der Waals surface area contributed by atoms with Gasteiger partial charge in [-0.05, 0) is 37.8 Å². The van der Waals surface area contributed by atoms with Gasteiger partial charge >= 0.3 is 0 Å². The van der Waals surface area contributed by atoms with Gasteiger partial charge in [-0.2, -0.15) is 0 Å². The van der Waals surface area contributed by atoms with Crippen molar-refractivity contribution in [2.24, 2.45) is 11.7 Å². The fraction of sp³-hybridized carbons (Fsp3) is 0.625. The summed E-state index contributed by atoms with van der Waals surface area (Å²) in [5, 5.41) is 19.7. The minimum atomic E-state index is -0.138. The van der Waals surface area contributed by atoms with Crippen molar-refractivity contribution in [3.8, 4) is 17.2 Å². The van der Waals surface area contributed by atoms with Crippen LogP contribution in [0, 0.1) is 5.92 Å². The van der Waals surface area contributed by atoms with Gasteiger partial charge in [0.15, 0.2) is 11.5 Å². The van der Waals surface area contributed by atoms with Crippen LogP contribution in [0.2, 0.25) is 0 Å². The summed E-state index contributed by atoms with van der Waals surface area (Å²) >= 11 is 0. The number of rotatable bonds is 2. The molecule has 1 fully saturated rings. The minimum Gasteiger partial charge on any atom is -0.504 e. The maximum atomic E-state index is 10.1. The smallest absolute Gasteiger partial charge is 0.200 e. The summed E-state index contributed by atoms with van der Waals surface area (Å²) in [6, 6.07) is 3.33. The summed E-state index contributed by atoms with van der Waals surface area (Å²) in [4.78, 5) is 0. The van der Waals surface area contributed by atoms with E-state index in [0.717, 1.165) is 12.0 Å². The number of hydrogen-bond donors (Lipinski definition) is 3. The molecule has 110 valence electrons. The summed E-state index contributed by atoms with van der Waals surface area (Å²) in [5.74, 6) is 0.942. The third-order valence-electron chi connectivity index (χ3n) is 4.83. The lowest BCUT2D eigenvalue weighted by atomic mass is 9.79. The number of phenols is 2. The molecule has 1 aromatic rings. The Morgan fingerprint density at radius 1 is 1.15 bits per heavy atom. The Bertz CT molecular complexity index is 483. The molecule has 0 bridgehead atoms. The summed E-state index contributed by atoms with van der Waals surface area (Å²) < 4.78 is 6.05. The molecule has 0 unspecified atom stereocenters. The first-order valence-corrected chi connectivity index (χ1v) is 7.62. The second-order valence-electron chi connectivity index (χ2n) is 6.07. The molecule has 0 spiro atoms. The van der Waals surface area contributed by atoms with Crippen LogP contribution in [-0.2, 0) is 0 Å². The SMILES string of the molecule is NC[C@@H]1C[C@H](C2CCCCC2)Oc2c1ccc(O)c2O. The highest BCUT2D eigenvalue weighted by Gasteiger charge is 2.35. The van der Waals surface area contributed by atoms with E-state index in [4.69, 9.17) is 10.5 Å². The molecule has 1 heterocycles. The maximum Gasteiger partial charge on any atom is 0.200 e. The average Bonchev–Trinajstić information content (AvgIpc) is 2.51. The molecule has 0 saturated heterocycles. The molecule has 0 radical (unpaired) electrons. The van der Waals surface area contributed by atoms with Crippen molar-refractivity contribution >= 4 is 0 Å². The highest BCUT2D eigenvalue weighted by Crippen LogP contribution is 2.48. The molecular weight excluding hydrogens is 254 g/mol. The van der Waals surface area contributed by atoms with Gasteiger partial charge in [0, 0.05) is 11.5 Å². The number of benzene rings is 1. The van der Waals surface area contributed by atoms with Gasteiger partial charge in [-0.1, -0.05) is 25.3 Å². The molecule has 1 aliphatic heterocycles. The standard InChI is InChI=1S/C16H23NO3/c17-9-11-8-14(10-4-2-1-3-5-10)20-16-12(11)6-7-13(18)15(16)19/h6-7,10-11,14,18-19H,1-5,8-9,17H2/t11-,14+/m0/s1. The Kier molecular flexibility index (Phi) is 3.74. The third-order valence-corrected chi connectivity index (χ3v) is 4.83. The molecule has 20 heavy (non-hydrogen) atoms. The van der Waals surface area contributed by atoms with E-state index < -0.39 is 0 Å². The van der Waals surface area contributed by atoms with Crippen molar-refractivity contribution in [2.75, 3.05) is 6.54 Å². The van der Waals surface area contributed by atoms with Crippen molar-refractivity contribution < 1.29 is 14.9 Å². The van der Waals surface area contributed by atoms with Crippen molar-refractivity contribution in [1.82, 2.24) is 0 Å². The van der Waals surface area contributed by atoms with Crippen LogP contribution in [-0.4, -0.2) is 22.9 Å². The molecule has 0 aromatic heterocycles. The Balaban J connectivity index is 1.90. The van der Waals surface area contributed by atoms with E-state index in [1.807, 2.05) is 6.07 Å². The van der Waals surface area contributed by atoms with Crippen LogP contribution in [0.15, 0.2) is 12.1 Å². The fourth-order valence-electron chi connectivity index (χ4n) is 3.65. The number of hydrogen-bond acceptors (Lipinski definition) is 4. The first kappa shape index (κ1) is 13.6. The minimum absolute atomic E-state index is 0.115. The van der Waals surface area contributed by atoms with Crippen LogP contribution in [0.4, 0.5) is 0 Å². The zero-order valence-corrected chi connectivity index (χ0v) is 11.7. The van der Waals surface area contributed by atoms with E-state index in [1.165, 1.54) is 38.2 Å². The highest BCUT2D eigenvalue weighted by atomic mass is 16.5. The molecule has 4 N–H and O–H groups in total. The predicted octanol–water partition coefficient (Wildman–Crippen LogP) is 2.87. The van der Waals surface area contributed by atoms with Crippen LogP contribution in [0.1, 0.15) is 50.0 Å². The second kappa shape index (κ2) is 5.52. The van der Waals surface area contributed by atoms with Gasteiger partial charge in [-0.25, -0.2) is 0 Å². The van der Waals surface area contributed by atoms with E-state index in [1.54, 1.807) is 0 Å². The van der Waals surface area contributed by atoms with Crippen molar-refractivity contribution in [2.45, 2.75) is 50.5 Å². The number of ether oxygens (including phenoxy) is 1. The lowest BCUT2D eigenvalue weighted by molar-refractivity contribution is 0.0749. The summed E-state index contributed by atoms with van der Waals surface area (Å²) in [6.07, 6.45) is 7.25. The molecule has 1 aliphatic carbocycles. The van der Waals surface area contributed by atoms with Crippen molar-refractivity contribution in [3.05, 3.63) is 17.7 Å². The first-order chi connectivity index (χ1) is 9.70. The van der Waals surface area contributed by atoms with E-state index in [2.05, 4.69) is 0 Å². The number of phenolic OH excluding ortho intramolecular Hbond substituents is 2. The van der Waals surface area contributed by atoms with Crippen LogP contribution < -0.4 is 10.5 Å². The van der Waals surface area contributed by atoms with Crippen molar-refractivity contribution in [1.29, 1.82) is 0 Å². The van der Waals surface area contributed by atoms with Gasteiger partial charge in [0.05, 0.1) is 0 Å². The van der Waals surface area contributed by atoms with E-state index >= 15 is 0 Å². The molecule has 0 amide bonds. The molecule has 2 atom stereocenters. The Labute approximate surface area is 119 Å². The number of nitrogens with two attached hydrogens (primary N) is 1. The van der Waals surface area contributed by atoms with Crippen molar-refractivity contribution in [3.63, 3.8) is 0 Å². The zero-order valence-electron chi connectivity index (χ0n) is 11.7. The highest BCUT2D eigenvalue weighted by molar-refractivity contribution is 5.56. The van der Waals surface area contributed by atoms with Gasteiger partial charge in [0.25, 0.3) is 0 Å².